The van der Waals surface area contributed by atoms with E-state index in [0.717, 1.165) is 19.5 Å². The summed E-state index contributed by atoms with van der Waals surface area (Å²) in [6.07, 6.45) is 14.1. The zero-order chi connectivity index (χ0) is 13.3. The second kappa shape index (κ2) is 8.57. The van der Waals surface area contributed by atoms with E-state index < -0.39 is 0 Å². The normalized spacial score (nSPS) is 22.3. The van der Waals surface area contributed by atoms with Gasteiger partial charge in [0.05, 0.1) is 0 Å². The predicted molar refractivity (Wildman–Crippen MR) is 79.1 cm³/mol. The Bertz CT molecular complexity index is 253. The van der Waals surface area contributed by atoms with Crippen LogP contribution in [0.4, 0.5) is 0 Å². The van der Waals surface area contributed by atoms with E-state index in [1.165, 1.54) is 64.2 Å². The summed E-state index contributed by atoms with van der Waals surface area (Å²) in [5.41, 5.74) is 0. The van der Waals surface area contributed by atoms with Gasteiger partial charge in [-0.3, -0.25) is 4.79 Å². The second-order valence-corrected chi connectivity index (χ2v) is 6.35. The molecule has 0 atom stereocenters. The number of nitrogens with one attached hydrogen (secondary N) is 2. The van der Waals surface area contributed by atoms with Crippen LogP contribution in [0.25, 0.3) is 0 Å². The summed E-state index contributed by atoms with van der Waals surface area (Å²) in [4.78, 5) is 11.8. The summed E-state index contributed by atoms with van der Waals surface area (Å²) >= 11 is 0. The van der Waals surface area contributed by atoms with Crippen molar-refractivity contribution in [3.8, 4) is 0 Å². The minimum absolute atomic E-state index is 0.259. The molecule has 2 fully saturated rings. The molecule has 0 spiro atoms. The number of amides is 1. The summed E-state index contributed by atoms with van der Waals surface area (Å²) in [6, 6.07) is 0.689. The van der Waals surface area contributed by atoms with Gasteiger partial charge in [-0.25, -0.2) is 0 Å². The van der Waals surface area contributed by atoms with Gasteiger partial charge in [0.25, 0.3) is 0 Å². The molecule has 0 heterocycles. The van der Waals surface area contributed by atoms with E-state index in [9.17, 15) is 4.79 Å². The number of hydrogen-bond donors (Lipinski definition) is 2. The molecule has 3 nitrogen and oxygen atoms in total. The first-order valence-electron chi connectivity index (χ1n) is 8.34. The number of hydrogen-bond acceptors (Lipinski definition) is 2. The Morgan fingerprint density at radius 3 is 2.16 bits per heavy atom. The maximum absolute atomic E-state index is 11.8. The minimum Gasteiger partial charge on any atom is -0.355 e. The molecule has 0 aromatic heterocycles. The Labute approximate surface area is 117 Å². The molecule has 1 amide bonds. The van der Waals surface area contributed by atoms with Crippen molar-refractivity contribution < 1.29 is 4.79 Å². The predicted octanol–water partition coefficient (Wildman–Crippen LogP) is 3.00. The molecule has 19 heavy (non-hydrogen) atoms. The second-order valence-electron chi connectivity index (χ2n) is 6.35. The van der Waals surface area contributed by atoms with Crippen LogP contribution in [-0.2, 0) is 4.79 Å². The van der Waals surface area contributed by atoms with Crippen molar-refractivity contribution >= 4 is 5.91 Å². The van der Waals surface area contributed by atoms with Crippen molar-refractivity contribution in [1.29, 1.82) is 0 Å². The van der Waals surface area contributed by atoms with E-state index in [4.69, 9.17) is 0 Å². The first-order valence-corrected chi connectivity index (χ1v) is 8.34. The van der Waals surface area contributed by atoms with Crippen LogP contribution in [-0.4, -0.2) is 25.0 Å². The summed E-state index contributed by atoms with van der Waals surface area (Å²) in [7, 11) is 0. The summed E-state index contributed by atoms with van der Waals surface area (Å²) < 4.78 is 0. The number of carbonyl (C=O) groups excluding carboxylic acids is 1. The molecule has 2 aliphatic rings. The Balaban J connectivity index is 1.49. The van der Waals surface area contributed by atoms with Crippen molar-refractivity contribution in [2.75, 3.05) is 13.1 Å². The Morgan fingerprint density at radius 1 is 0.842 bits per heavy atom. The summed E-state index contributed by atoms with van der Waals surface area (Å²) in [5.74, 6) is 0.921. The van der Waals surface area contributed by atoms with Crippen LogP contribution < -0.4 is 10.6 Å². The average Bonchev–Trinajstić information content (AvgIpc) is 2.76. The lowest BCUT2D eigenvalue weighted by molar-refractivity contribution is -0.121. The van der Waals surface area contributed by atoms with Crippen LogP contribution in [0, 0.1) is 5.92 Å². The molecule has 0 aromatic carbocycles. The van der Waals surface area contributed by atoms with E-state index in [2.05, 4.69) is 10.6 Å². The molecule has 0 aliphatic heterocycles. The average molecular weight is 266 g/mol. The molecule has 2 saturated carbocycles. The first-order chi connectivity index (χ1) is 9.34. The highest BCUT2D eigenvalue weighted by Gasteiger charge is 2.18. The van der Waals surface area contributed by atoms with Gasteiger partial charge in [0.1, 0.15) is 0 Å². The van der Waals surface area contributed by atoms with Gasteiger partial charge in [0, 0.05) is 25.6 Å². The van der Waals surface area contributed by atoms with Gasteiger partial charge in [-0.15, -0.1) is 0 Å². The van der Waals surface area contributed by atoms with Crippen molar-refractivity contribution in [1.82, 2.24) is 10.6 Å². The van der Waals surface area contributed by atoms with E-state index >= 15 is 0 Å². The maximum atomic E-state index is 11.8. The fraction of sp³-hybridized carbons (Fsp3) is 0.938. The van der Waals surface area contributed by atoms with Gasteiger partial charge in [0.2, 0.25) is 5.91 Å². The number of rotatable bonds is 6. The van der Waals surface area contributed by atoms with Crippen LogP contribution in [0.5, 0.6) is 0 Å². The van der Waals surface area contributed by atoms with Crippen LogP contribution >= 0.6 is 0 Å². The van der Waals surface area contributed by atoms with Crippen LogP contribution in [0.2, 0.25) is 0 Å². The molecule has 0 aromatic rings. The monoisotopic (exact) mass is 266 g/mol. The largest absolute Gasteiger partial charge is 0.355 e. The molecular formula is C16H30N2O. The Hall–Kier alpha value is -0.570. The van der Waals surface area contributed by atoms with Crippen molar-refractivity contribution in [3.05, 3.63) is 0 Å². The van der Waals surface area contributed by atoms with Gasteiger partial charge in [-0.05, 0) is 31.6 Å². The summed E-state index contributed by atoms with van der Waals surface area (Å²) in [5, 5.41) is 6.66. The third-order valence-corrected chi connectivity index (χ3v) is 4.68. The smallest absolute Gasteiger partial charge is 0.220 e. The van der Waals surface area contributed by atoms with Crippen LogP contribution in [0.1, 0.15) is 70.6 Å². The summed E-state index contributed by atoms with van der Waals surface area (Å²) in [6.45, 7) is 1.73. The third kappa shape index (κ3) is 5.94. The molecule has 0 unspecified atom stereocenters. The Kier molecular flexibility index (Phi) is 6.69. The van der Waals surface area contributed by atoms with Crippen LogP contribution in [0.3, 0.4) is 0 Å². The number of carbonyl (C=O) groups is 1. The highest BCUT2D eigenvalue weighted by atomic mass is 16.1. The molecular weight excluding hydrogens is 236 g/mol. The quantitative estimate of drug-likeness (QED) is 0.573. The topological polar surface area (TPSA) is 41.1 Å². The minimum atomic E-state index is 0.259. The lowest BCUT2D eigenvalue weighted by Gasteiger charge is -2.16. The van der Waals surface area contributed by atoms with E-state index in [1.807, 2.05) is 0 Å². The lowest BCUT2D eigenvalue weighted by atomic mass is 10.0. The molecule has 2 aliphatic carbocycles. The molecule has 2 rings (SSSR count). The molecule has 110 valence electrons. The molecule has 0 saturated heterocycles. The fourth-order valence-electron chi connectivity index (χ4n) is 3.51. The first kappa shape index (κ1) is 14.8. The van der Waals surface area contributed by atoms with Gasteiger partial charge >= 0.3 is 0 Å². The maximum Gasteiger partial charge on any atom is 0.220 e. The highest BCUT2D eigenvalue weighted by molar-refractivity contribution is 5.76. The fourth-order valence-corrected chi connectivity index (χ4v) is 3.51. The third-order valence-electron chi connectivity index (χ3n) is 4.68. The van der Waals surface area contributed by atoms with Crippen molar-refractivity contribution in [2.24, 2.45) is 5.92 Å². The van der Waals surface area contributed by atoms with Crippen molar-refractivity contribution in [2.45, 2.75) is 76.7 Å². The molecule has 3 heteroatoms. The van der Waals surface area contributed by atoms with E-state index in [1.54, 1.807) is 0 Å². The van der Waals surface area contributed by atoms with Crippen LogP contribution in [0.15, 0.2) is 0 Å². The van der Waals surface area contributed by atoms with Gasteiger partial charge < -0.3 is 10.6 Å². The lowest BCUT2D eigenvalue weighted by Crippen LogP contribution is -2.37. The van der Waals surface area contributed by atoms with Gasteiger partial charge in [0.15, 0.2) is 0 Å². The molecule has 2 N–H and O–H groups in total. The Morgan fingerprint density at radius 2 is 1.47 bits per heavy atom. The van der Waals surface area contributed by atoms with E-state index in [0.29, 0.717) is 12.0 Å². The zero-order valence-corrected chi connectivity index (χ0v) is 12.3. The SMILES string of the molecule is O=C(CC1CCCC1)NCCNC1CCCCCC1. The molecule has 0 radical (unpaired) electrons. The molecule has 0 bridgehead atoms. The van der Waals surface area contributed by atoms with Crippen molar-refractivity contribution in [3.63, 3.8) is 0 Å². The van der Waals surface area contributed by atoms with Gasteiger partial charge in [-0.2, -0.15) is 0 Å². The van der Waals surface area contributed by atoms with Gasteiger partial charge in [-0.1, -0.05) is 38.5 Å². The van der Waals surface area contributed by atoms with E-state index in [-0.39, 0.29) is 5.91 Å². The highest BCUT2D eigenvalue weighted by Crippen LogP contribution is 2.27. The standard InChI is InChI=1S/C16H30N2O/c19-16(13-14-7-5-6-8-14)18-12-11-17-15-9-3-1-2-4-10-15/h14-15,17H,1-13H2,(H,18,19). The zero-order valence-electron chi connectivity index (χ0n) is 12.3.